The van der Waals surface area contributed by atoms with Crippen LogP contribution in [0.4, 0.5) is 4.39 Å². The molecular weight excluding hydrogens is 319 g/mol. The molecule has 5 heteroatoms. The number of carbonyl (C=O) groups is 2. The van der Waals surface area contributed by atoms with E-state index in [-0.39, 0.29) is 23.4 Å². The largest absolute Gasteiger partial charge is 0.345 e. The lowest BCUT2D eigenvalue weighted by molar-refractivity contribution is -0.126. The minimum Gasteiger partial charge on any atom is -0.345 e. The molecule has 4 nitrogen and oxygen atoms in total. The summed E-state index contributed by atoms with van der Waals surface area (Å²) >= 11 is 0. The van der Waals surface area contributed by atoms with Gasteiger partial charge in [0.25, 0.3) is 0 Å². The number of benzene rings is 1. The normalized spacial score (nSPS) is 21.2. The maximum Gasteiger partial charge on any atom is 0.246 e. The minimum absolute atomic E-state index is 0.0483. The third-order valence-corrected chi connectivity index (χ3v) is 4.93. The fourth-order valence-electron chi connectivity index (χ4n) is 3.39. The van der Waals surface area contributed by atoms with Gasteiger partial charge in [0.2, 0.25) is 5.91 Å². The van der Waals surface area contributed by atoms with Gasteiger partial charge in [-0.1, -0.05) is 23.8 Å². The van der Waals surface area contributed by atoms with Crippen LogP contribution >= 0.6 is 0 Å². The Morgan fingerprint density at radius 2 is 2.00 bits per heavy atom. The molecule has 1 aromatic carbocycles. The molecular formula is C20H25FN2O2. The van der Waals surface area contributed by atoms with Crippen LogP contribution in [-0.2, 0) is 9.59 Å². The van der Waals surface area contributed by atoms with Gasteiger partial charge in [0.1, 0.15) is 5.82 Å². The number of nitrogens with zero attached hydrogens (tertiary/aromatic N) is 2. The molecule has 1 saturated carbocycles. The van der Waals surface area contributed by atoms with Crippen LogP contribution in [0.2, 0.25) is 0 Å². The molecule has 1 amide bonds. The molecule has 1 saturated heterocycles. The highest BCUT2D eigenvalue weighted by molar-refractivity contribution is 5.90. The molecule has 1 aliphatic heterocycles. The van der Waals surface area contributed by atoms with Gasteiger partial charge in [0.15, 0.2) is 5.78 Å². The maximum absolute atomic E-state index is 14.4. The number of Topliss-reactive ketones (excluding diaryl/α,β-unsaturated/α-hetero) is 1. The first-order valence-corrected chi connectivity index (χ1v) is 8.90. The third-order valence-electron chi connectivity index (χ3n) is 4.93. The van der Waals surface area contributed by atoms with Crippen molar-refractivity contribution in [2.75, 3.05) is 27.2 Å². The number of likely N-dealkylation sites (N-methyl/N-ethyl adjacent to an activating group) is 1. The summed E-state index contributed by atoms with van der Waals surface area (Å²) in [5, 5.41) is 0. The zero-order valence-corrected chi connectivity index (χ0v) is 14.9. The topological polar surface area (TPSA) is 40.6 Å². The summed E-state index contributed by atoms with van der Waals surface area (Å²) in [4.78, 5) is 28.4. The molecule has 1 atom stereocenters. The summed E-state index contributed by atoms with van der Waals surface area (Å²) in [6, 6.07) is 6.01. The number of amides is 1. The Morgan fingerprint density at radius 1 is 1.28 bits per heavy atom. The Hall–Kier alpha value is -2.01. The van der Waals surface area contributed by atoms with E-state index in [1.54, 1.807) is 38.4 Å². The summed E-state index contributed by atoms with van der Waals surface area (Å²) in [5.74, 6) is -0.206. The number of likely N-dealkylation sites (tertiary alicyclic amines) is 1. The zero-order valence-electron chi connectivity index (χ0n) is 14.9. The predicted octanol–water partition coefficient (Wildman–Crippen LogP) is 2.96. The van der Waals surface area contributed by atoms with Crippen molar-refractivity contribution >= 4 is 11.7 Å². The maximum atomic E-state index is 14.4. The fraction of sp³-hybridized carbons (Fsp3) is 0.500. The van der Waals surface area contributed by atoms with Crippen molar-refractivity contribution in [1.82, 2.24) is 9.80 Å². The first-order valence-electron chi connectivity index (χ1n) is 8.90. The number of ketones is 1. The summed E-state index contributed by atoms with van der Waals surface area (Å²) < 4.78 is 14.4. The number of halogens is 1. The Kier molecular flexibility index (Phi) is 5.33. The first kappa shape index (κ1) is 17.8. The average Bonchev–Trinajstić information content (AvgIpc) is 3.42. The highest BCUT2D eigenvalue weighted by Gasteiger charge is 2.40. The second-order valence-electron chi connectivity index (χ2n) is 7.21. The molecule has 0 radical (unpaired) electrons. The molecule has 0 aromatic heterocycles. The number of piperidine rings is 1. The van der Waals surface area contributed by atoms with Gasteiger partial charge in [-0.2, -0.15) is 0 Å². The minimum atomic E-state index is -0.549. The molecule has 1 unspecified atom stereocenters. The smallest absolute Gasteiger partial charge is 0.246 e. The molecule has 25 heavy (non-hydrogen) atoms. The third kappa shape index (κ3) is 4.15. The van der Waals surface area contributed by atoms with Gasteiger partial charge in [-0.05, 0) is 38.3 Å². The van der Waals surface area contributed by atoms with Crippen molar-refractivity contribution in [2.45, 2.75) is 31.7 Å². The van der Waals surface area contributed by atoms with Gasteiger partial charge in [-0.15, -0.1) is 0 Å². The lowest BCUT2D eigenvalue weighted by Crippen LogP contribution is -2.40. The lowest BCUT2D eigenvalue weighted by atomic mass is 9.94. The van der Waals surface area contributed by atoms with Crippen LogP contribution in [0.25, 0.3) is 0 Å². The quantitative estimate of drug-likeness (QED) is 0.771. The number of hydrogen-bond donors (Lipinski definition) is 0. The van der Waals surface area contributed by atoms with E-state index in [4.69, 9.17) is 0 Å². The monoisotopic (exact) mass is 344 g/mol. The second-order valence-corrected chi connectivity index (χ2v) is 7.21. The Labute approximate surface area is 148 Å². The van der Waals surface area contributed by atoms with Gasteiger partial charge >= 0.3 is 0 Å². The van der Waals surface area contributed by atoms with Crippen LogP contribution in [-0.4, -0.2) is 48.7 Å². The molecule has 3 rings (SSSR count). The summed E-state index contributed by atoms with van der Waals surface area (Å²) in [6.45, 7) is 1.28. The molecule has 1 aromatic rings. The SMILES string of the molecule is CN(C)C(=O)/C=C1\CCCN(C(C(=O)C2CC2)c2ccccc2F)C1. The van der Waals surface area contributed by atoms with Crippen molar-refractivity contribution in [3.05, 3.63) is 47.3 Å². The van der Waals surface area contributed by atoms with Gasteiger partial charge in [0, 0.05) is 38.2 Å². The van der Waals surface area contributed by atoms with E-state index < -0.39 is 6.04 Å². The van der Waals surface area contributed by atoms with E-state index in [2.05, 4.69) is 0 Å². The standard InChI is InChI=1S/C20H25FN2O2/c1-22(2)18(24)12-14-6-5-11-23(13-14)19(20(25)15-9-10-15)16-7-3-4-8-17(16)21/h3-4,7-8,12,15,19H,5-6,9-11,13H2,1-2H3/b14-12+. The highest BCUT2D eigenvalue weighted by atomic mass is 19.1. The van der Waals surface area contributed by atoms with E-state index in [1.165, 1.54) is 11.0 Å². The van der Waals surface area contributed by atoms with Gasteiger partial charge in [-0.3, -0.25) is 14.5 Å². The average molecular weight is 344 g/mol. The van der Waals surface area contributed by atoms with E-state index in [0.29, 0.717) is 12.1 Å². The Morgan fingerprint density at radius 3 is 2.64 bits per heavy atom. The lowest BCUT2D eigenvalue weighted by Gasteiger charge is -2.35. The highest BCUT2D eigenvalue weighted by Crippen LogP contribution is 2.39. The van der Waals surface area contributed by atoms with Crippen LogP contribution < -0.4 is 0 Å². The van der Waals surface area contributed by atoms with Gasteiger partial charge in [-0.25, -0.2) is 4.39 Å². The van der Waals surface area contributed by atoms with E-state index in [0.717, 1.165) is 37.8 Å². The van der Waals surface area contributed by atoms with Gasteiger partial charge < -0.3 is 4.90 Å². The van der Waals surface area contributed by atoms with Crippen LogP contribution in [0.1, 0.15) is 37.3 Å². The molecule has 2 aliphatic rings. The van der Waals surface area contributed by atoms with E-state index in [1.807, 2.05) is 4.90 Å². The van der Waals surface area contributed by atoms with Gasteiger partial charge in [0.05, 0.1) is 6.04 Å². The Bertz CT molecular complexity index is 695. The fourth-order valence-corrected chi connectivity index (χ4v) is 3.39. The number of carbonyl (C=O) groups excluding carboxylic acids is 2. The molecule has 0 N–H and O–H groups in total. The number of hydrogen-bond acceptors (Lipinski definition) is 3. The molecule has 2 fully saturated rings. The van der Waals surface area contributed by atoms with Crippen LogP contribution in [0, 0.1) is 11.7 Å². The number of rotatable bonds is 5. The summed E-state index contributed by atoms with van der Waals surface area (Å²) in [7, 11) is 3.44. The van der Waals surface area contributed by atoms with Crippen LogP contribution in [0.5, 0.6) is 0 Å². The molecule has 0 spiro atoms. The van der Waals surface area contributed by atoms with Crippen LogP contribution in [0.3, 0.4) is 0 Å². The van der Waals surface area contributed by atoms with Crippen molar-refractivity contribution < 1.29 is 14.0 Å². The predicted molar refractivity (Wildman–Crippen MR) is 94.5 cm³/mol. The van der Waals surface area contributed by atoms with Crippen LogP contribution in [0.15, 0.2) is 35.9 Å². The van der Waals surface area contributed by atoms with Crippen molar-refractivity contribution in [1.29, 1.82) is 0 Å². The summed E-state index contributed by atoms with van der Waals surface area (Å²) in [5.41, 5.74) is 1.47. The zero-order chi connectivity index (χ0) is 18.0. The van der Waals surface area contributed by atoms with Crippen molar-refractivity contribution in [2.24, 2.45) is 5.92 Å². The Balaban J connectivity index is 1.87. The van der Waals surface area contributed by atoms with Crippen molar-refractivity contribution in [3.8, 4) is 0 Å². The molecule has 0 bridgehead atoms. The second kappa shape index (κ2) is 7.48. The molecule has 1 aliphatic carbocycles. The first-order chi connectivity index (χ1) is 12.0. The molecule has 1 heterocycles. The summed E-state index contributed by atoms with van der Waals surface area (Å²) in [6.07, 6.45) is 5.18. The molecule has 134 valence electrons. The van der Waals surface area contributed by atoms with Crippen molar-refractivity contribution in [3.63, 3.8) is 0 Å². The van der Waals surface area contributed by atoms with E-state index in [9.17, 15) is 14.0 Å². The van der Waals surface area contributed by atoms with E-state index >= 15 is 0 Å².